The Morgan fingerprint density at radius 3 is 1.52 bits per heavy atom. The predicted molar refractivity (Wildman–Crippen MR) is 115 cm³/mol. The summed E-state index contributed by atoms with van der Waals surface area (Å²) in [5.41, 5.74) is 10.1. The van der Waals surface area contributed by atoms with Crippen molar-refractivity contribution in [3.8, 4) is 5.75 Å². The minimum atomic E-state index is -0.570. The number of benzene rings is 2. The Morgan fingerprint density at radius 1 is 0.871 bits per heavy atom. The van der Waals surface area contributed by atoms with E-state index in [0.29, 0.717) is 12.4 Å². The molecule has 11 heteroatoms. The van der Waals surface area contributed by atoms with Gasteiger partial charge in [-0.05, 0) is 52.0 Å². The monoisotopic (exact) mass is 440 g/mol. The summed E-state index contributed by atoms with van der Waals surface area (Å²) in [6.45, 7) is 7.65. The molecule has 0 amide bonds. The maximum absolute atomic E-state index is 12.1. The Bertz CT molecular complexity index is 816. The fourth-order valence-electron chi connectivity index (χ4n) is 1.50. The minimum Gasteiger partial charge on any atom is -0.492 e. The summed E-state index contributed by atoms with van der Waals surface area (Å²) in [7, 11) is 0. The number of nitro benzene ring substituents is 2. The van der Waals surface area contributed by atoms with E-state index in [-0.39, 0.29) is 18.0 Å². The van der Waals surface area contributed by atoms with Gasteiger partial charge in [0.2, 0.25) is 0 Å². The fourth-order valence-corrected chi connectivity index (χ4v) is 1.50. The lowest BCUT2D eigenvalue weighted by Crippen LogP contribution is -2.38. The molecule has 5 N–H and O–H groups in total. The van der Waals surface area contributed by atoms with Crippen molar-refractivity contribution < 1.29 is 24.1 Å². The molecular weight excluding hydrogens is 411 g/mol. The van der Waals surface area contributed by atoms with Gasteiger partial charge in [-0.3, -0.25) is 20.2 Å². The molecule has 0 fully saturated rings. The Labute approximate surface area is 179 Å². The van der Waals surface area contributed by atoms with Crippen LogP contribution in [0.4, 0.5) is 15.8 Å². The first kappa shape index (κ1) is 27.8. The average molecular weight is 440 g/mol. The standard InChI is InChI=1S/C10H14N2O3.C6H4FNO2.C4H11NO/c1-10(2,11)7-15-9-5-3-8(4-6-9)12(13)14;7-5-1-3-6(4-2-5)8(9)10;1-4(2,5)3-6/h3-6H,7,11H2,1-2H3;1-4H;6H,3,5H2,1-2H3. The van der Waals surface area contributed by atoms with Crippen LogP contribution in [0.3, 0.4) is 0 Å². The van der Waals surface area contributed by atoms with Crippen LogP contribution in [0.1, 0.15) is 27.7 Å². The van der Waals surface area contributed by atoms with Crippen molar-refractivity contribution in [2.45, 2.75) is 38.8 Å². The molecule has 0 bridgehead atoms. The zero-order valence-electron chi connectivity index (χ0n) is 17.9. The fraction of sp³-hybridized carbons (Fsp3) is 0.400. The maximum atomic E-state index is 12.1. The summed E-state index contributed by atoms with van der Waals surface area (Å²) in [4.78, 5) is 19.4. The number of nitrogens with two attached hydrogens (primary N) is 2. The van der Waals surface area contributed by atoms with Gasteiger partial charge < -0.3 is 21.3 Å². The van der Waals surface area contributed by atoms with E-state index in [9.17, 15) is 24.6 Å². The molecule has 0 spiro atoms. The van der Waals surface area contributed by atoms with Gasteiger partial charge in [0.1, 0.15) is 18.2 Å². The number of halogens is 1. The quantitative estimate of drug-likeness (QED) is 0.454. The number of hydrogen-bond donors (Lipinski definition) is 3. The molecule has 10 nitrogen and oxygen atoms in total. The summed E-state index contributed by atoms with van der Waals surface area (Å²) >= 11 is 0. The molecule has 2 aromatic carbocycles. The van der Waals surface area contributed by atoms with Crippen molar-refractivity contribution in [1.29, 1.82) is 0 Å². The molecule has 0 aromatic heterocycles. The Hall–Kier alpha value is -3.15. The third-order valence-electron chi connectivity index (χ3n) is 3.10. The first-order chi connectivity index (χ1) is 14.1. The van der Waals surface area contributed by atoms with E-state index in [2.05, 4.69) is 0 Å². The van der Waals surface area contributed by atoms with Gasteiger partial charge in [-0.15, -0.1) is 0 Å². The number of ether oxygens (including phenoxy) is 1. The number of aliphatic hydroxyl groups excluding tert-OH is 1. The molecule has 172 valence electrons. The highest BCUT2D eigenvalue weighted by Gasteiger charge is 2.12. The molecule has 0 aliphatic heterocycles. The third-order valence-corrected chi connectivity index (χ3v) is 3.10. The third kappa shape index (κ3) is 14.5. The van der Waals surface area contributed by atoms with Crippen molar-refractivity contribution >= 4 is 11.4 Å². The number of non-ortho nitro benzene ring substituents is 2. The molecule has 0 radical (unpaired) electrons. The van der Waals surface area contributed by atoms with E-state index in [4.69, 9.17) is 21.3 Å². The summed E-state index contributed by atoms with van der Waals surface area (Å²) in [5.74, 6) is 0.115. The van der Waals surface area contributed by atoms with Crippen LogP contribution in [0.2, 0.25) is 0 Å². The maximum Gasteiger partial charge on any atom is 0.269 e. The van der Waals surface area contributed by atoms with Crippen LogP contribution in [0, 0.1) is 26.0 Å². The second-order valence-corrected chi connectivity index (χ2v) is 7.91. The first-order valence-corrected chi connectivity index (χ1v) is 9.10. The van der Waals surface area contributed by atoms with Crippen LogP contribution < -0.4 is 16.2 Å². The first-order valence-electron chi connectivity index (χ1n) is 9.10. The zero-order valence-corrected chi connectivity index (χ0v) is 17.9. The number of aliphatic hydroxyl groups is 1. The highest BCUT2D eigenvalue weighted by atomic mass is 19.1. The molecule has 0 atom stereocenters. The molecule has 2 aromatic rings. The summed E-state index contributed by atoms with van der Waals surface area (Å²) in [6, 6.07) is 10.3. The highest BCUT2D eigenvalue weighted by Crippen LogP contribution is 2.18. The lowest BCUT2D eigenvalue weighted by Gasteiger charge is -2.18. The largest absolute Gasteiger partial charge is 0.492 e. The van der Waals surface area contributed by atoms with Crippen molar-refractivity contribution in [3.05, 3.63) is 74.6 Å². The molecule has 2 rings (SSSR count). The predicted octanol–water partition coefficient (Wildman–Crippen LogP) is 3.16. The molecule has 31 heavy (non-hydrogen) atoms. The molecule has 0 aliphatic carbocycles. The Kier molecular flexibility index (Phi) is 11.3. The summed E-state index contributed by atoms with van der Waals surface area (Å²) in [5, 5.41) is 28.6. The molecule has 0 saturated carbocycles. The number of nitrogens with zero attached hydrogens (tertiary/aromatic N) is 2. The molecular formula is C20H29FN4O6. The number of nitro groups is 2. The normalized spacial score (nSPS) is 10.7. The SMILES string of the molecule is CC(C)(N)CO.CC(C)(N)COc1ccc([N+](=O)[O-])cc1.O=[N+]([O-])c1ccc(F)cc1. The highest BCUT2D eigenvalue weighted by molar-refractivity contribution is 5.36. The van der Waals surface area contributed by atoms with Crippen LogP contribution >= 0.6 is 0 Å². The number of hydrogen-bond acceptors (Lipinski definition) is 8. The molecule has 0 unspecified atom stereocenters. The zero-order chi connectivity index (χ0) is 24.2. The van der Waals surface area contributed by atoms with Gasteiger partial charge in [0.05, 0.1) is 16.5 Å². The van der Waals surface area contributed by atoms with Crippen molar-refractivity contribution in [1.82, 2.24) is 0 Å². The van der Waals surface area contributed by atoms with Gasteiger partial charge in [0.25, 0.3) is 11.4 Å². The van der Waals surface area contributed by atoms with E-state index in [1.54, 1.807) is 26.0 Å². The van der Waals surface area contributed by atoms with Gasteiger partial charge >= 0.3 is 0 Å². The second-order valence-electron chi connectivity index (χ2n) is 7.91. The van der Waals surface area contributed by atoms with Crippen LogP contribution in [-0.4, -0.2) is 39.2 Å². The van der Waals surface area contributed by atoms with Crippen molar-refractivity contribution in [2.75, 3.05) is 13.2 Å². The van der Waals surface area contributed by atoms with Crippen LogP contribution in [-0.2, 0) is 0 Å². The molecule has 0 aliphatic rings. The molecule has 0 heterocycles. The van der Waals surface area contributed by atoms with E-state index >= 15 is 0 Å². The summed E-state index contributed by atoms with van der Waals surface area (Å²) < 4.78 is 17.5. The Morgan fingerprint density at radius 2 is 1.23 bits per heavy atom. The van der Waals surface area contributed by atoms with Gasteiger partial charge in [0.15, 0.2) is 0 Å². The van der Waals surface area contributed by atoms with E-state index < -0.39 is 26.7 Å². The van der Waals surface area contributed by atoms with Crippen LogP contribution in [0.15, 0.2) is 48.5 Å². The van der Waals surface area contributed by atoms with Gasteiger partial charge in [-0.2, -0.15) is 0 Å². The van der Waals surface area contributed by atoms with Crippen LogP contribution in [0.25, 0.3) is 0 Å². The summed E-state index contributed by atoms with van der Waals surface area (Å²) in [6.07, 6.45) is 0. The molecule has 0 saturated heterocycles. The van der Waals surface area contributed by atoms with Gasteiger partial charge in [0, 0.05) is 35.3 Å². The average Bonchev–Trinajstić information content (AvgIpc) is 2.67. The van der Waals surface area contributed by atoms with Crippen LogP contribution in [0.5, 0.6) is 5.75 Å². The van der Waals surface area contributed by atoms with E-state index in [1.165, 1.54) is 12.1 Å². The lowest BCUT2D eigenvalue weighted by atomic mass is 10.1. The van der Waals surface area contributed by atoms with Gasteiger partial charge in [-0.25, -0.2) is 4.39 Å². The smallest absolute Gasteiger partial charge is 0.269 e. The van der Waals surface area contributed by atoms with Crippen molar-refractivity contribution in [3.63, 3.8) is 0 Å². The topological polar surface area (TPSA) is 168 Å². The van der Waals surface area contributed by atoms with E-state index in [0.717, 1.165) is 24.3 Å². The van der Waals surface area contributed by atoms with E-state index in [1.807, 2.05) is 13.8 Å². The minimum absolute atomic E-state index is 0.0486. The number of rotatable bonds is 6. The van der Waals surface area contributed by atoms with Gasteiger partial charge in [-0.1, -0.05) is 0 Å². The van der Waals surface area contributed by atoms with Crippen molar-refractivity contribution in [2.24, 2.45) is 11.5 Å². The Balaban J connectivity index is 0.000000484. The second kappa shape index (κ2) is 12.5. The lowest BCUT2D eigenvalue weighted by molar-refractivity contribution is -0.385.